The topological polar surface area (TPSA) is 190 Å². The van der Waals surface area contributed by atoms with Gasteiger partial charge >= 0.3 is 11.9 Å². The number of carboxylic acids is 2. The molecule has 6 N–H and O–H groups in total. The molecule has 4 aliphatic carbocycles. The summed E-state index contributed by atoms with van der Waals surface area (Å²) < 4.78 is 0. The average Bonchev–Trinajstić information content (AvgIpc) is 3.25. The zero-order valence-corrected chi connectivity index (χ0v) is 25.8. The molecule has 0 heterocycles. The van der Waals surface area contributed by atoms with Crippen molar-refractivity contribution in [2.45, 2.75) is 90.0 Å². The Hall–Kier alpha value is -2.09. The fourth-order valence-corrected chi connectivity index (χ4v) is 10.8. The molecular formula is C29H42N2O9S2. The zero-order valence-electron chi connectivity index (χ0n) is 24.2. The Balaban J connectivity index is 1.39. The normalized spacial score (nSPS) is 35.9. The van der Waals surface area contributed by atoms with Crippen LogP contribution < -0.4 is 10.6 Å². The lowest BCUT2D eigenvalue weighted by atomic mass is 9.46. The van der Waals surface area contributed by atoms with E-state index in [4.69, 9.17) is 0 Å². The summed E-state index contributed by atoms with van der Waals surface area (Å²) in [6.45, 7) is 5.42. The third-order valence-corrected chi connectivity index (χ3v) is 12.9. The molecule has 0 aromatic heterocycles. The molecule has 234 valence electrons. The highest BCUT2D eigenvalue weighted by Gasteiger charge is 2.63. The van der Waals surface area contributed by atoms with Crippen LogP contribution in [0.15, 0.2) is 11.6 Å². The molecular weight excluding hydrogens is 584 g/mol. The lowest BCUT2D eigenvalue weighted by Gasteiger charge is -2.60. The number of aliphatic hydroxyl groups is 2. The summed E-state index contributed by atoms with van der Waals surface area (Å²) in [7, 11) is 2.12. The Morgan fingerprint density at radius 1 is 1.00 bits per heavy atom. The number of carboxylic acid groups (broad SMARTS) is 2. The Bertz CT molecular complexity index is 1150. The number of aliphatic hydroxyl groups excluding tert-OH is 2. The van der Waals surface area contributed by atoms with E-state index in [1.165, 1.54) is 6.92 Å². The first-order valence-electron chi connectivity index (χ1n) is 14.6. The molecule has 0 saturated heterocycles. The number of ketones is 1. The number of allylic oxidation sites excluding steroid dienone is 1. The van der Waals surface area contributed by atoms with Crippen LogP contribution in [0.4, 0.5) is 0 Å². The van der Waals surface area contributed by atoms with Crippen molar-refractivity contribution in [2.75, 3.05) is 11.5 Å². The van der Waals surface area contributed by atoms with Gasteiger partial charge in [0.15, 0.2) is 5.78 Å². The monoisotopic (exact) mass is 626 g/mol. The van der Waals surface area contributed by atoms with Gasteiger partial charge in [-0.1, -0.05) is 41.0 Å². The van der Waals surface area contributed by atoms with Gasteiger partial charge in [-0.25, -0.2) is 9.59 Å². The molecule has 0 bridgehead atoms. The van der Waals surface area contributed by atoms with Crippen molar-refractivity contribution < 1.29 is 44.4 Å². The minimum absolute atomic E-state index is 0.00142. The maximum Gasteiger partial charge on any atom is 0.327 e. The Morgan fingerprint density at radius 2 is 1.62 bits per heavy atom. The summed E-state index contributed by atoms with van der Waals surface area (Å²) in [6, 6.07) is -2.44. The lowest BCUT2D eigenvalue weighted by molar-refractivity contribution is -0.153. The van der Waals surface area contributed by atoms with Gasteiger partial charge in [0.1, 0.15) is 18.2 Å². The number of hydrogen-bond acceptors (Lipinski definition) is 9. The number of carbonyl (C=O) groups is 5. The molecule has 11 nitrogen and oxygen atoms in total. The molecule has 3 saturated carbocycles. The highest BCUT2D eigenvalue weighted by Crippen LogP contribution is 2.67. The van der Waals surface area contributed by atoms with Crippen molar-refractivity contribution in [3.63, 3.8) is 0 Å². The van der Waals surface area contributed by atoms with E-state index >= 15 is 0 Å². The van der Waals surface area contributed by atoms with Crippen molar-refractivity contribution in [3.05, 3.63) is 11.6 Å². The number of rotatable bonds is 11. The second kappa shape index (κ2) is 12.9. The predicted octanol–water partition coefficient (Wildman–Crippen LogP) is 2.01. The zero-order chi connectivity index (χ0) is 31.0. The molecule has 0 aromatic carbocycles. The molecule has 0 unspecified atom stereocenters. The van der Waals surface area contributed by atoms with E-state index in [-0.39, 0.29) is 40.5 Å². The highest BCUT2D eigenvalue weighted by atomic mass is 33.1. The number of aliphatic carboxylic acids is 2. The summed E-state index contributed by atoms with van der Waals surface area (Å²) in [6.07, 6.45) is 4.40. The number of fused-ring (bicyclic) bond motifs is 5. The third-order valence-electron chi connectivity index (χ3n) is 10.5. The van der Waals surface area contributed by atoms with Gasteiger partial charge in [-0.15, -0.1) is 0 Å². The van der Waals surface area contributed by atoms with Crippen LogP contribution in [0.1, 0.15) is 65.7 Å². The Kier molecular flexibility index (Phi) is 10.1. The van der Waals surface area contributed by atoms with Crippen LogP contribution in [0.2, 0.25) is 0 Å². The Labute approximate surface area is 253 Å². The minimum Gasteiger partial charge on any atom is -0.480 e. The van der Waals surface area contributed by atoms with E-state index in [0.717, 1.165) is 52.8 Å². The van der Waals surface area contributed by atoms with Crippen molar-refractivity contribution >= 4 is 51.1 Å². The van der Waals surface area contributed by atoms with Crippen LogP contribution in [0.25, 0.3) is 0 Å². The molecule has 0 aromatic rings. The standard InChI is InChI=1S/C29H42N2O9S2/c1-14(32)30-20(26(37)38)12-41-42-13-21(27(39)40)31-25(36)24(35)19-7-6-18-17-5-4-15-10-16(33)8-9-28(15,2)23(17)22(34)11-29(18,19)3/h10,17-24,34-35H,4-9,11-13H2,1-3H3,(H,30,32)(H,31,36)(H,37,38)(H,39,40)/t17-,18-,19+,20-,21-,22-,23+,24-,28-,29-/m0/s1. The minimum atomic E-state index is -1.44. The molecule has 3 fully saturated rings. The summed E-state index contributed by atoms with van der Waals surface area (Å²) in [5.41, 5.74) is 0.405. The van der Waals surface area contributed by atoms with Crippen molar-refractivity contribution in [2.24, 2.45) is 34.5 Å². The fraction of sp³-hybridized carbons (Fsp3) is 0.759. The second-order valence-corrected chi connectivity index (χ2v) is 15.4. The molecule has 10 atom stereocenters. The van der Waals surface area contributed by atoms with Gasteiger partial charge < -0.3 is 31.1 Å². The van der Waals surface area contributed by atoms with Crippen molar-refractivity contribution in [1.82, 2.24) is 10.6 Å². The van der Waals surface area contributed by atoms with Crippen LogP contribution >= 0.6 is 21.6 Å². The average molecular weight is 627 g/mol. The molecule has 0 aliphatic heterocycles. The van der Waals surface area contributed by atoms with Gasteiger partial charge in [-0.2, -0.15) is 0 Å². The summed E-state index contributed by atoms with van der Waals surface area (Å²) in [5, 5.41) is 46.5. The molecule has 2 amide bonds. The number of nitrogens with one attached hydrogen (secondary N) is 2. The first kappa shape index (κ1) is 32.8. The number of hydrogen-bond donors (Lipinski definition) is 6. The van der Waals surface area contributed by atoms with Crippen LogP contribution in [-0.2, 0) is 24.0 Å². The van der Waals surface area contributed by atoms with E-state index < -0.39 is 59.4 Å². The van der Waals surface area contributed by atoms with Gasteiger partial charge in [0.2, 0.25) is 11.8 Å². The van der Waals surface area contributed by atoms with E-state index in [1.807, 2.05) is 6.92 Å². The maximum atomic E-state index is 13.2. The predicted molar refractivity (Wildman–Crippen MR) is 157 cm³/mol. The van der Waals surface area contributed by atoms with Gasteiger partial charge in [-0.05, 0) is 79.1 Å². The van der Waals surface area contributed by atoms with E-state index in [9.17, 15) is 44.4 Å². The van der Waals surface area contributed by atoms with E-state index in [0.29, 0.717) is 19.3 Å². The quantitative estimate of drug-likeness (QED) is 0.145. The van der Waals surface area contributed by atoms with Crippen LogP contribution in [0.5, 0.6) is 0 Å². The molecule has 4 aliphatic rings. The Morgan fingerprint density at radius 3 is 2.21 bits per heavy atom. The maximum absolute atomic E-state index is 13.2. The van der Waals surface area contributed by atoms with Crippen LogP contribution in [0.3, 0.4) is 0 Å². The van der Waals surface area contributed by atoms with Gasteiger partial charge in [0.25, 0.3) is 0 Å². The first-order chi connectivity index (χ1) is 19.7. The third kappa shape index (κ3) is 6.39. The summed E-state index contributed by atoms with van der Waals surface area (Å²) in [5.74, 6) is -3.70. The van der Waals surface area contributed by atoms with Crippen LogP contribution in [0, 0.1) is 34.5 Å². The summed E-state index contributed by atoms with van der Waals surface area (Å²) >= 11 is 0. The lowest BCUT2D eigenvalue weighted by Crippen LogP contribution is -2.58. The van der Waals surface area contributed by atoms with Gasteiger partial charge in [0.05, 0.1) is 6.10 Å². The number of amides is 2. The smallest absolute Gasteiger partial charge is 0.327 e. The molecule has 0 radical (unpaired) electrons. The van der Waals surface area contributed by atoms with Crippen molar-refractivity contribution in [1.29, 1.82) is 0 Å². The highest BCUT2D eigenvalue weighted by molar-refractivity contribution is 8.76. The SMILES string of the molecule is CC(=O)N[C@@H](CSSC[C@H](NC(=O)[C@@H](O)[C@H]1CC[C@H]2[C@@H]3CCC4=CC(=O)CC[C@]4(C)[C@H]3[C@@H](O)C[C@]12C)C(=O)O)C(=O)O. The fourth-order valence-electron chi connectivity index (χ4n) is 8.51. The van der Waals surface area contributed by atoms with Crippen LogP contribution in [-0.4, -0.2) is 85.8 Å². The van der Waals surface area contributed by atoms with E-state index in [2.05, 4.69) is 17.6 Å². The summed E-state index contributed by atoms with van der Waals surface area (Å²) in [4.78, 5) is 59.7. The molecule has 13 heteroatoms. The van der Waals surface area contributed by atoms with Crippen molar-refractivity contribution in [3.8, 4) is 0 Å². The molecule has 0 spiro atoms. The van der Waals surface area contributed by atoms with Gasteiger partial charge in [0, 0.05) is 24.9 Å². The van der Waals surface area contributed by atoms with Gasteiger partial charge in [-0.3, -0.25) is 14.4 Å². The number of carbonyl (C=O) groups excluding carboxylic acids is 3. The molecule has 4 rings (SSSR count). The second-order valence-electron chi connectivity index (χ2n) is 12.9. The van der Waals surface area contributed by atoms with E-state index in [1.54, 1.807) is 6.08 Å². The first-order valence-corrected chi connectivity index (χ1v) is 17.1. The largest absolute Gasteiger partial charge is 0.480 e. The molecule has 42 heavy (non-hydrogen) atoms.